The lowest BCUT2D eigenvalue weighted by Crippen LogP contribution is -2.51. The molecule has 1 atom stereocenters. The van der Waals surface area contributed by atoms with Gasteiger partial charge in [0.25, 0.3) is 0 Å². The predicted octanol–water partition coefficient (Wildman–Crippen LogP) is 0.510. The van der Waals surface area contributed by atoms with Gasteiger partial charge in [0.05, 0.1) is 0 Å². The number of hydrogen-bond acceptors (Lipinski definition) is 3. The number of carbonyl (C=O) groups is 2. The van der Waals surface area contributed by atoms with Crippen LogP contribution in [0, 0.1) is 5.41 Å². The van der Waals surface area contributed by atoms with Gasteiger partial charge < -0.3 is 14.9 Å². The van der Waals surface area contributed by atoms with Gasteiger partial charge in [-0.3, -0.25) is 9.00 Å². The van der Waals surface area contributed by atoms with Crippen molar-refractivity contribution in [3.63, 3.8) is 0 Å². The van der Waals surface area contributed by atoms with E-state index in [2.05, 4.69) is 0 Å². The van der Waals surface area contributed by atoms with E-state index >= 15 is 0 Å². The van der Waals surface area contributed by atoms with Crippen LogP contribution in [0.1, 0.15) is 6.42 Å². The minimum atomic E-state index is -4.91. The Kier molecular flexibility index (Phi) is 4.18. The lowest BCUT2D eigenvalue weighted by molar-refractivity contribution is -0.227. The Morgan fingerprint density at radius 2 is 1.67 bits per heavy atom. The van der Waals surface area contributed by atoms with Crippen LogP contribution in [0.3, 0.4) is 0 Å². The van der Waals surface area contributed by atoms with Crippen LogP contribution in [0.25, 0.3) is 0 Å². The Morgan fingerprint density at radius 1 is 1.10 bits per heavy atom. The summed E-state index contributed by atoms with van der Waals surface area (Å²) in [5, 5.41) is 8.93. The van der Waals surface area contributed by atoms with Crippen molar-refractivity contribution in [3.8, 4) is 0 Å². The van der Waals surface area contributed by atoms with Crippen LogP contribution in [0.5, 0.6) is 0 Å². The lowest BCUT2D eigenvalue weighted by atomic mass is 9.86. The molecule has 0 saturated carbocycles. The molecule has 1 unspecified atom stereocenters. The molecule has 0 aromatic heterocycles. The van der Waals surface area contributed by atoms with Gasteiger partial charge in [-0.25, -0.2) is 4.79 Å². The number of carboxylic acids is 1. The van der Waals surface area contributed by atoms with Gasteiger partial charge in [0.1, 0.15) is 0 Å². The van der Waals surface area contributed by atoms with E-state index in [-0.39, 0.29) is 19.6 Å². The number of amides is 2. The number of carboxylic acid groups (broad SMARTS) is 1. The fourth-order valence-electron chi connectivity index (χ4n) is 2.53. The molecular weight excluding hydrogens is 313 g/mol. The Labute approximate surface area is 121 Å². The molecule has 0 aromatic rings. The summed E-state index contributed by atoms with van der Waals surface area (Å²) in [6.45, 7) is -0.684. The van der Waals surface area contributed by atoms with E-state index in [1.54, 1.807) is 0 Å². The van der Waals surface area contributed by atoms with Gasteiger partial charge in [-0.1, -0.05) is 0 Å². The largest absolute Gasteiger partial charge is 0.481 e. The van der Waals surface area contributed by atoms with Gasteiger partial charge in [-0.15, -0.1) is 0 Å². The summed E-state index contributed by atoms with van der Waals surface area (Å²) in [5.41, 5.74) is -2.89. The first kappa shape index (κ1) is 16.1. The highest BCUT2D eigenvalue weighted by atomic mass is 32.2. The molecule has 0 aliphatic carbocycles. The molecule has 2 rings (SSSR count). The molecular formula is C11H15F3N2O4S. The molecule has 21 heavy (non-hydrogen) atoms. The van der Waals surface area contributed by atoms with Crippen LogP contribution in [-0.2, 0) is 15.6 Å². The quantitative estimate of drug-likeness (QED) is 0.761. The second kappa shape index (κ2) is 5.47. The third-order valence-electron chi connectivity index (χ3n) is 3.94. The van der Waals surface area contributed by atoms with E-state index in [0.29, 0.717) is 11.5 Å². The topological polar surface area (TPSA) is 77.9 Å². The molecule has 2 saturated heterocycles. The molecule has 0 radical (unpaired) electrons. The van der Waals surface area contributed by atoms with Gasteiger partial charge in [-0.2, -0.15) is 13.2 Å². The van der Waals surface area contributed by atoms with E-state index < -0.39 is 47.4 Å². The van der Waals surface area contributed by atoms with Crippen LogP contribution >= 0.6 is 0 Å². The smallest absolute Gasteiger partial charge is 0.406 e. The van der Waals surface area contributed by atoms with Crippen molar-refractivity contribution in [1.29, 1.82) is 0 Å². The monoisotopic (exact) mass is 328 g/mol. The molecule has 2 fully saturated rings. The number of urea groups is 1. The van der Waals surface area contributed by atoms with Gasteiger partial charge in [0.2, 0.25) is 0 Å². The van der Waals surface area contributed by atoms with Crippen molar-refractivity contribution >= 4 is 22.8 Å². The number of nitrogens with zero attached hydrogens (tertiary/aromatic N) is 2. The predicted molar refractivity (Wildman–Crippen MR) is 67.2 cm³/mol. The molecule has 0 bridgehead atoms. The van der Waals surface area contributed by atoms with Gasteiger partial charge in [0.15, 0.2) is 5.41 Å². The zero-order valence-electron chi connectivity index (χ0n) is 11.1. The maximum atomic E-state index is 13.0. The Bertz CT molecular complexity index is 475. The van der Waals surface area contributed by atoms with Crippen LogP contribution in [0.15, 0.2) is 0 Å². The first-order chi connectivity index (χ1) is 9.67. The highest BCUT2D eigenvalue weighted by Crippen LogP contribution is 2.45. The number of halogens is 3. The molecule has 2 aliphatic rings. The second-order valence-corrected chi connectivity index (χ2v) is 6.87. The van der Waals surface area contributed by atoms with Gasteiger partial charge in [0, 0.05) is 48.5 Å². The first-order valence-electron chi connectivity index (χ1n) is 6.36. The van der Waals surface area contributed by atoms with Crippen LogP contribution in [0.2, 0.25) is 0 Å². The van der Waals surface area contributed by atoms with Crippen LogP contribution in [-0.4, -0.2) is 75.0 Å². The first-order valence-corrected chi connectivity index (χ1v) is 7.85. The number of aliphatic carboxylic acids is 1. The average molecular weight is 328 g/mol. The Morgan fingerprint density at radius 3 is 2.10 bits per heavy atom. The van der Waals surface area contributed by atoms with Crippen molar-refractivity contribution in [2.24, 2.45) is 5.41 Å². The Hall–Kier alpha value is -1.32. The van der Waals surface area contributed by atoms with E-state index in [1.165, 1.54) is 4.90 Å². The molecule has 2 heterocycles. The number of rotatable bonds is 1. The van der Waals surface area contributed by atoms with Crippen LogP contribution < -0.4 is 0 Å². The third kappa shape index (κ3) is 2.85. The zero-order valence-corrected chi connectivity index (χ0v) is 11.9. The van der Waals surface area contributed by atoms with Crippen molar-refractivity contribution < 1.29 is 32.1 Å². The standard InChI is InChI=1S/C11H15F3N2O4S/c12-11(13,14)10(8(17)18)1-2-16(7-10)9(19)15-3-5-21(20)6-4-15/h1-7H2,(H,17,18). The third-order valence-corrected chi connectivity index (χ3v) is 5.22. The summed E-state index contributed by atoms with van der Waals surface area (Å²) in [6, 6.07) is -0.612. The highest BCUT2D eigenvalue weighted by Gasteiger charge is 2.64. The summed E-state index contributed by atoms with van der Waals surface area (Å²) >= 11 is 0. The molecule has 2 aliphatic heterocycles. The number of likely N-dealkylation sites (tertiary alicyclic amines) is 1. The molecule has 2 amide bonds. The maximum Gasteiger partial charge on any atom is 0.406 e. The molecule has 1 N–H and O–H groups in total. The zero-order chi connectivity index (χ0) is 15.8. The number of carbonyl (C=O) groups excluding carboxylic acids is 1. The summed E-state index contributed by atoms with van der Waals surface area (Å²) in [5.74, 6) is -1.36. The molecule has 0 spiro atoms. The SMILES string of the molecule is O=C(N1CCS(=O)CC1)N1CCC(C(=O)O)(C(F)(F)F)C1. The van der Waals surface area contributed by atoms with Crippen LogP contribution in [0.4, 0.5) is 18.0 Å². The van der Waals surface area contributed by atoms with Crippen molar-refractivity contribution in [3.05, 3.63) is 0 Å². The van der Waals surface area contributed by atoms with E-state index in [4.69, 9.17) is 5.11 Å². The average Bonchev–Trinajstić information content (AvgIpc) is 2.84. The van der Waals surface area contributed by atoms with E-state index in [0.717, 1.165) is 4.90 Å². The van der Waals surface area contributed by atoms with Gasteiger partial charge in [-0.05, 0) is 6.42 Å². The summed E-state index contributed by atoms with van der Waals surface area (Å²) in [6.07, 6.45) is -5.55. The minimum Gasteiger partial charge on any atom is -0.481 e. The minimum absolute atomic E-state index is 0.216. The highest BCUT2D eigenvalue weighted by molar-refractivity contribution is 7.85. The second-order valence-electron chi connectivity index (χ2n) is 5.17. The summed E-state index contributed by atoms with van der Waals surface area (Å²) in [4.78, 5) is 25.4. The lowest BCUT2D eigenvalue weighted by Gasteiger charge is -2.32. The maximum absolute atomic E-state index is 13.0. The fourth-order valence-corrected chi connectivity index (χ4v) is 3.58. The number of hydrogen-bond donors (Lipinski definition) is 1. The summed E-state index contributed by atoms with van der Waals surface area (Å²) < 4.78 is 50.3. The van der Waals surface area contributed by atoms with Crippen molar-refractivity contribution in [2.75, 3.05) is 37.7 Å². The molecule has 0 aromatic carbocycles. The normalized spacial score (nSPS) is 28.0. The summed E-state index contributed by atoms with van der Waals surface area (Å²) in [7, 11) is -1.00. The van der Waals surface area contributed by atoms with E-state index in [9.17, 15) is 27.0 Å². The Balaban J connectivity index is 2.09. The fraction of sp³-hybridized carbons (Fsp3) is 0.818. The molecule has 6 nitrogen and oxygen atoms in total. The van der Waals surface area contributed by atoms with Crippen molar-refractivity contribution in [1.82, 2.24) is 9.80 Å². The van der Waals surface area contributed by atoms with Crippen molar-refractivity contribution in [2.45, 2.75) is 12.6 Å². The van der Waals surface area contributed by atoms with Gasteiger partial charge >= 0.3 is 18.2 Å². The molecule has 120 valence electrons. The van der Waals surface area contributed by atoms with E-state index in [1.807, 2.05) is 0 Å². The number of alkyl halides is 3. The molecule has 10 heteroatoms.